The van der Waals surface area contributed by atoms with Crippen molar-refractivity contribution < 1.29 is 9.13 Å². The predicted molar refractivity (Wildman–Crippen MR) is 67.5 cm³/mol. The van der Waals surface area contributed by atoms with Crippen molar-refractivity contribution in [3.8, 4) is 5.75 Å². The van der Waals surface area contributed by atoms with Crippen LogP contribution in [0.15, 0.2) is 18.2 Å². The first kappa shape index (κ1) is 13.9. The van der Waals surface area contributed by atoms with E-state index in [0.717, 1.165) is 5.56 Å². The lowest BCUT2D eigenvalue weighted by Gasteiger charge is -2.24. The number of hydrogen-bond donors (Lipinski definition) is 2. The average molecular weight is 240 g/mol. The average Bonchev–Trinajstić information content (AvgIpc) is 2.30. The molecule has 0 heterocycles. The Kier molecular flexibility index (Phi) is 4.90. The molecule has 0 saturated carbocycles. The molecular formula is C13H21FN2O. The fraction of sp³-hybridized carbons (Fsp3) is 0.538. The number of benzene rings is 1. The van der Waals surface area contributed by atoms with Gasteiger partial charge in [-0.3, -0.25) is 0 Å². The summed E-state index contributed by atoms with van der Waals surface area (Å²) >= 11 is 0. The molecule has 1 aromatic rings. The smallest absolute Gasteiger partial charge is 0.165 e. The summed E-state index contributed by atoms with van der Waals surface area (Å²) in [6.45, 7) is 7.45. The van der Waals surface area contributed by atoms with Crippen LogP contribution in [0.4, 0.5) is 4.39 Å². The zero-order valence-corrected chi connectivity index (χ0v) is 10.7. The molecule has 0 atom stereocenters. The van der Waals surface area contributed by atoms with Gasteiger partial charge in [0.1, 0.15) is 0 Å². The number of nitrogens with two attached hydrogens (primary N) is 1. The first-order valence-corrected chi connectivity index (χ1v) is 5.85. The molecule has 0 unspecified atom stereocenters. The molecule has 3 nitrogen and oxygen atoms in total. The SMILES string of the molecule is CCOc1ccc(CNC(C)(C)CN)cc1F. The lowest BCUT2D eigenvalue weighted by atomic mass is 10.1. The monoisotopic (exact) mass is 240 g/mol. The van der Waals surface area contributed by atoms with Crippen molar-refractivity contribution in [1.29, 1.82) is 0 Å². The molecule has 0 aliphatic rings. The van der Waals surface area contributed by atoms with E-state index < -0.39 is 0 Å². The van der Waals surface area contributed by atoms with E-state index in [9.17, 15) is 4.39 Å². The van der Waals surface area contributed by atoms with Crippen LogP contribution in [0.1, 0.15) is 26.3 Å². The van der Waals surface area contributed by atoms with Crippen LogP contribution in [-0.2, 0) is 6.54 Å². The zero-order valence-electron chi connectivity index (χ0n) is 10.7. The minimum Gasteiger partial charge on any atom is -0.491 e. The largest absolute Gasteiger partial charge is 0.491 e. The maximum atomic E-state index is 13.6. The highest BCUT2D eigenvalue weighted by Gasteiger charge is 2.14. The number of ether oxygens (including phenoxy) is 1. The number of halogens is 1. The van der Waals surface area contributed by atoms with Gasteiger partial charge in [0, 0.05) is 18.6 Å². The van der Waals surface area contributed by atoms with E-state index in [1.807, 2.05) is 26.8 Å². The highest BCUT2D eigenvalue weighted by atomic mass is 19.1. The molecule has 0 aliphatic carbocycles. The number of nitrogens with one attached hydrogen (secondary N) is 1. The Morgan fingerprint density at radius 2 is 2.12 bits per heavy atom. The van der Waals surface area contributed by atoms with Crippen LogP contribution in [0, 0.1) is 5.82 Å². The van der Waals surface area contributed by atoms with Gasteiger partial charge in [0.2, 0.25) is 0 Å². The predicted octanol–water partition coefficient (Wildman–Crippen LogP) is 2.05. The van der Waals surface area contributed by atoms with Crippen LogP contribution in [0.2, 0.25) is 0 Å². The summed E-state index contributed by atoms with van der Waals surface area (Å²) in [6, 6.07) is 5.00. The van der Waals surface area contributed by atoms with Gasteiger partial charge >= 0.3 is 0 Å². The third-order valence-electron chi connectivity index (χ3n) is 2.58. The van der Waals surface area contributed by atoms with Gasteiger partial charge in [-0.2, -0.15) is 0 Å². The Morgan fingerprint density at radius 3 is 2.65 bits per heavy atom. The van der Waals surface area contributed by atoms with Gasteiger partial charge in [0.05, 0.1) is 6.61 Å². The summed E-state index contributed by atoms with van der Waals surface area (Å²) < 4.78 is 18.7. The fourth-order valence-electron chi connectivity index (χ4n) is 1.34. The van der Waals surface area contributed by atoms with Crippen molar-refractivity contribution in [2.24, 2.45) is 5.73 Å². The van der Waals surface area contributed by atoms with Gasteiger partial charge < -0.3 is 15.8 Å². The second kappa shape index (κ2) is 5.98. The van der Waals surface area contributed by atoms with Crippen molar-refractivity contribution >= 4 is 0 Å². The second-order valence-electron chi connectivity index (χ2n) is 4.64. The molecule has 0 aromatic heterocycles. The van der Waals surface area contributed by atoms with Gasteiger partial charge in [-0.25, -0.2) is 4.39 Å². The van der Waals surface area contributed by atoms with Gasteiger partial charge in [-0.15, -0.1) is 0 Å². The third-order valence-corrected chi connectivity index (χ3v) is 2.58. The summed E-state index contributed by atoms with van der Waals surface area (Å²) in [5.74, 6) is -0.0222. The highest BCUT2D eigenvalue weighted by Crippen LogP contribution is 2.18. The Labute approximate surface area is 102 Å². The third kappa shape index (κ3) is 4.32. The van der Waals surface area contributed by atoms with E-state index in [0.29, 0.717) is 25.4 Å². The van der Waals surface area contributed by atoms with E-state index in [4.69, 9.17) is 10.5 Å². The molecule has 1 rings (SSSR count). The number of rotatable bonds is 6. The van der Waals surface area contributed by atoms with Crippen LogP contribution >= 0.6 is 0 Å². The summed E-state index contributed by atoms with van der Waals surface area (Å²) in [6.07, 6.45) is 0. The molecule has 17 heavy (non-hydrogen) atoms. The van der Waals surface area contributed by atoms with Crippen LogP contribution in [0.5, 0.6) is 5.75 Å². The van der Waals surface area contributed by atoms with Crippen LogP contribution in [0.25, 0.3) is 0 Å². The van der Waals surface area contributed by atoms with Gasteiger partial charge in [0.15, 0.2) is 11.6 Å². The summed E-state index contributed by atoms with van der Waals surface area (Å²) in [5, 5.41) is 3.27. The highest BCUT2D eigenvalue weighted by molar-refractivity contribution is 5.29. The summed E-state index contributed by atoms with van der Waals surface area (Å²) in [5.41, 5.74) is 6.35. The molecule has 3 N–H and O–H groups in total. The topological polar surface area (TPSA) is 47.3 Å². The van der Waals surface area contributed by atoms with E-state index in [1.165, 1.54) is 6.07 Å². The molecule has 0 saturated heterocycles. The quantitative estimate of drug-likeness (QED) is 0.800. The molecule has 0 amide bonds. The van der Waals surface area contributed by atoms with Crippen molar-refractivity contribution in [2.75, 3.05) is 13.2 Å². The van der Waals surface area contributed by atoms with Gasteiger partial charge in [0.25, 0.3) is 0 Å². The number of hydrogen-bond acceptors (Lipinski definition) is 3. The maximum absolute atomic E-state index is 13.6. The fourth-order valence-corrected chi connectivity index (χ4v) is 1.34. The first-order chi connectivity index (χ1) is 7.98. The van der Waals surface area contributed by atoms with Crippen LogP contribution in [0.3, 0.4) is 0 Å². The summed E-state index contributed by atoms with van der Waals surface area (Å²) in [7, 11) is 0. The Balaban J connectivity index is 2.64. The molecule has 1 aromatic carbocycles. The molecule has 0 fully saturated rings. The normalized spacial score (nSPS) is 11.6. The lowest BCUT2D eigenvalue weighted by Crippen LogP contribution is -2.45. The van der Waals surface area contributed by atoms with E-state index in [2.05, 4.69) is 5.32 Å². The van der Waals surface area contributed by atoms with Gasteiger partial charge in [-0.05, 0) is 38.5 Å². The van der Waals surface area contributed by atoms with Crippen molar-refractivity contribution in [3.05, 3.63) is 29.6 Å². The Morgan fingerprint density at radius 1 is 1.41 bits per heavy atom. The maximum Gasteiger partial charge on any atom is 0.165 e. The molecule has 4 heteroatoms. The first-order valence-electron chi connectivity index (χ1n) is 5.85. The zero-order chi connectivity index (χ0) is 12.9. The lowest BCUT2D eigenvalue weighted by molar-refractivity contribution is 0.321. The van der Waals surface area contributed by atoms with E-state index in [-0.39, 0.29) is 11.4 Å². The molecule has 0 spiro atoms. The van der Waals surface area contributed by atoms with Crippen molar-refractivity contribution in [2.45, 2.75) is 32.9 Å². The molecule has 0 bridgehead atoms. The Bertz CT molecular complexity index is 366. The molecule has 96 valence electrons. The van der Waals surface area contributed by atoms with Gasteiger partial charge in [-0.1, -0.05) is 6.07 Å². The molecule has 0 aliphatic heterocycles. The minimum atomic E-state index is -0.322. The molecule has 0 radical (unpaired) electrons. The summed E-state index contributed by atoms with van der Waals surface area (Å²) in [4.78, 5) is 0. The Hall–Kier alpha value is -1.13. The van der Waals surface area contributed by atoms with Crippen molar-refractivity contribution in [1.82, 2.24) is 5.32 Å². The second-order valence-corrected chi connectivity index (χ2v) is 4.64. The van der Waals surface area contributed by atoms with Crippen LogP contribution in [-0.4, -0.2) is 18.7 Å². The van der Waals surface area contributed by atoms with Crippen molar-refractivity contribution in [3.63, 3.8) is 0 Å². The van der Waals surface area contributed by atoms with E-state index >= 15 is 0 Å². The van der Waals surface area contributed by atoms with Crippen LogP contribution < -0.4 is 15.8 Å². The van der Waals surface area contributed by atoms with E-state index in [1.54, 1.807) is 6.07 Å². The molecular weight excluding hydrogens is 219 g/mol. The standard InChI is InChI=1S/C13H21FN2O/c1-4-17-12-6-5-10(7-11(12)14)8-16-13(2,3)9-15/h5-7,16H,4,8-9,15H2,1-3H3. The minimum absolute atomic E-state index is 0.144.